The Balaban J connectivity index is 1.62. The van der Waals surface area contributed by atoms with Crippen LogP contribution < -0.4 is 0 Å². The van der Waals surface area contributed by atoms with Crippen LogP contribution in [0.2, 0.25) is 5.02 Å². The van der Waals surface area contributed by atoms with E-state index in [0.29, 0.717) is 5.92 Å². The Morgan fingerprint density at radius 1 is 1.29 bits per heavy atom. The molecule has 21 heavy (non-hydrogen) atoms. The first kappa shape index (κ1) is 15.1. The van der Waals surface area contributed by atoms with Crippen molar-refractivity contribution < 1.29 is 0 Å². The monoisotopic (exact) mass is 304 g/mol. The van der Waals surface area contributed by atoms with Crippen LogP contribution in [0.3, 0.4) is 0 Å². The molecule has 0 saturated heterocycles. The summed E-state index contributed by atoms with van der Waals surface area (Å²) in [4.78, 5) is 6.84. The predicted molar refractivity (Wildman–Crippen MR) is 89.4 cm³/mol. The van der Waals surface area contributed by atoms with Crippen LogP contribution in [0.25, 0.3) is 5.57 Å². The lowest BCUT2D eigenvalue weighted by Crippen LogP contribution is -2.34. The van der Waals surface area contributed by atoms with Crippen molar-refractivity contribution in [3.63, 3.8) is 0 Å². The average molecular weight is 305 g/mol. The van der Waals surface area contributed by atoms with Gasteiger partial charge in [0.05, 0.1) is 5.02 Å². The molecule has 1 aromatic heterocycles. The van der Waals surface area contributed by atoms with Gasteiger partial charge in [0.1, 0.15) is 0 Å². The normalized spacial score (nSPS) is 24.3. The number of rotatable bonds is 4. The van der Waals surface area contributed by atoms with Crippen molar-refractivity contribution in [3.8, 4) is 0 Å². The van der Waals surface area contributed by atoms with Gasteiger partial charge in [-0.15, -0.1) is 0 Å². The Morgan fingerprint density at radius 3 is 2.86 bits per heavy atom. The third-order valence-corrected chi connectivity index (χ3v) is 5.04. The van der Waals surface area contributed by atoms with E-state index in [4.69, 9.17) is 11.6 Å². The molecule has 1 aliphatic carbocycles. The van der Waals surface area contributed by atoms with Gasteiger partial charge in [-0.25, -0.2) is 0 Å². The highest BCUT2D eigenvalue weighted by Crippen LogP contribution is 2.29. The molecule has 0 radical (unpaired) electrons. The van der Waals surface area contributed by atoms with Crippen LogP contribution in [-0.4, -0.2) is 29.5 Å². The fraction of sp³-hybridized carbons (Fsp3) is 0.611. The van der Waals surface area contributed by atoms with Crippen LogP contribution in [0.5, 0.6) is 0 Å². The van der Waals surface area contributed by atoms with E-state index in [9.17, 15) is 0 Å². The van der Waals surface area contributed by atoms with Crippen LogP contribution in [0.4, 0.5) is 0 Å². The van der Waals surface area contributed by atoms with Crippen molar-refractivity contribution in [1.82, 2.24) is 9.88 Å². The number of aromatic nitrogens is 1. The van der Waals surface area contributed by atoms with Gasteiger partial charge in [-0.05, 0) is 42.0 Å². The molecule has 2 heterocycles. The molecule has 0 unspecified atom stereocenters. The zero-order valence-electron chi connectivity index (χ0n) is 12.9. The second-order valence-corrected chi connectivity index (χ2v) is 7.17. The van der Waals surface area contributed by atoms with Crippen LogP contribution in [0.15, 0.2) is 24.5 Å². The maximum absolute atomic E-state index is 6.08. The van der Waals surface area contributed by atoms with Gasteiger partial charge in [0.15, 0.2) is 0 Å². The minimum Gasteiger partial charge on any atom is -0.298 e. The molecule has 0 amide bonds. The quantitative estimate of drug-likeness (QED) is 0.805. The topological polar surface area (TPSA) is 16.1 Å². The van der Waals surface area contributed by atoms with Crippen LogP contribution >= 0.6 is 11.6 Å². The minimum absolute atomic E-state index is 0.608. The Hall–Kier alpha value is -0.860. The van der Waals surface area contributed by atoms with Gasteiger partial charge in [-0.2, -0.15) is 0 Å². The third kappa shape index (κ3) is 4.08. The summed E-state index contributed by atoms with van der Waals surface area (Å²) in [5.41, 5.74) is 2.56. The van der Waals surface area contributed by atoms with Crippen LogP contribution in [-0.2, 0) is 0 Å². The van der Waals surface area contributed by atoms with Gasteiger partial charge in [-0.3, -0.25) is 9.88 Å². The third-order valence-electron chi connectivity index (χ3n) is 4.83. The summed E-state index contributed by atoms with van der Waals surface area (Å²) in [6.07, 6.45) is 13.2. The van der Waals surface area contributed by atoms with E-state index in [1.165, 1.54) is 56.3 Å². The number of halogens is 1. The van der Waals surface area contributed by atoms with E-state index >= 15 is 0 Å². The Morgan fingerprint density at radius 2 is 2.10 bits per heavy atom. The highest BCUT2D eigenvalue weighted by atomic mass is 35.5. The van der Waals surface area contributed by atoms with Crippen molar-refractivity contribution in [2.24, 2.45) is 11.8 Å². The highest BCUT2D eigenvalue weighted by molar-refractivity contribution is 6.30. The first-order valence-corrected chi connectivity index (χ1v) is 8.62. The molecule has 114 valence electrons. The molecule has 0 aromatic carbocycles. The second-order valence-electron chi connectivity index (χ2n) is 6.74. The molecule has 1 fully saturated rings. The Bertz CT molecular complexity index is 506. The fourth-order valence-electron chi connectivity index (χ4n) is 3.77. The van der Waals surface area contributed by atoms with Gasteiger partial charge >= 0.3 is 0 Å². The molecular formula is C18H25ClN2. The first-order valence-electron chi connectivity index (χ1n) is 8.24. The summed E-state index contributed by atoms with van der Waals surface area (Å²) >= 11 is 6.08. The first-order chi connectivity index (χ1) is 10.2. The Labute approximate surface area is 133 Å². The standard InChI is InChI=1S/C18H25ClN2/c1-14-8-17(16-9-18(19)11-20-10-16)13-21(12-14)7-6-15-4-2-3-5-15/h8-11,14-15H,2-7,12-13H2,1H3/t14-/m1/s1. The molecule has 0 N–H and O–H groups in total. The number of nitrogens with zero attached hydrogens (tertiary/aromatic N) is 2. The molecule has 1 aliphatic heterocycles. The zero-order valence-corrected chi connectivity index (χ0v) is 13.6. The largest absolute Gasteiger partial charge is 0.298 e. The molecule has 1 atom stereocenters. The van der Waals surface area contributed by atoms with Gasteiger partial charge < -0.3 is 0 Å². The van der Waals surface area contributed by atoms with Crippen LogP contribution in [0.1, 0.15) is 44.6 Å². The lowest BCUT2D eigenvalue weighted by Gasteiger charge is -2.31. The van der Waals surface area contributed by atoms with Crippen molar-refractivity contribution in [2.75, 3.05) is 19.6 Å². The van der Waals surface area contributed by atoms with Crippen molar-refractivity contribution >= 4 is 17.2 Å². The average Bonchev–Trinajstić information content (AvgIpc) is 2.98. The molecule has 0 bridgehead atoms. The van der Waals surface area contributed by atoms with E-state index in [1.54, 1.807) is 6.20 Å². The van der Waals surface area contributed by atoms with Gasteiger partial charge in [0, 0.05) is 25.5 Å². The summed E-state index contributed by atoms with van der Waals surface area (Å²) < 4.78 is 0. The SMILES string of the molecule is C[C@@H]1C=C(c2cncc(Cl)c2)CN(CCC2CCCC2)C1. The number of hydrogen-bond donors (Lipinski definition) is 0. The summed E-state index contributed by atoms with van der Waals surface area (Å²) in [7, 11) is 0. The molecule has 1 saturated carbocycles. The van der Waals surface area contributed by atoms with Crippen LogP contribution in [0, 0.1) is 11.8 Å². The zero-order chi connectivity index (χ0) is 14.7. The van der Waals surface area contributed by atoms with Crippen molar-refractivity contribution in [2.45, 2.75) is 39.0 Å². The summed E-state index contributed by atoms with van der Waals surface area (Å²) in [5, 5.41) is 0.726. The summed E-state index contributed by atoms with van der Waals surface area (Å²) in [5.74, 6) is 1.58. The van der Waals surface area contributed by atoms with E-state index in [2.05, 4.69) is 22.9 Å². The molecule has 3 rings (SSSR count). The molecule has 2 nitrogen and oxygen atoms in total. The molecule has 0 spiro atoms. The lowest BCUT2D eigenvalue weighted by molar-refractivity contribution is 0.251. The van der Waals surface area contributed by atoms with Gasteiger partial charge in [0.25, 0.3) is 0 Å². The molecule has 2 aliphatic rings. The van der Waals surface area contributed by atoms with E-state index in [1.807, 2.05) is 12.3 Å². The summed E-state index contributed by atoms with van der Waals surface area (Å²) in [6, 6.07) is 2.04. The predicted octanol–water partition coefficient (Wildman–Crippen LogP) is 4.65. The molecular weight excluding hydrogens is 280 g/mol. The fourth-order valence-corrected chi connectivity index (χ4v) is 3.94. The second kappa shape index (κ2) is 6.93. The smallest absolute Gasteiger partial charge is 0.0595 e. The van der Waals surface area contributed by atoms with E-state index in [-0.39, 0.29) is 0 Å². The van der Waals surface area contributed by atoms with E-state index < -0.39 is 0 Å². The Kier molecular flexibility index (Phi) is 4.97. The van der Waals surface area contributed by atoms with Gasteiger partial charge in [-0.1, -0.05) is 50.3 Å². The maximum atomic E-state index is 6.08. The number of hydrogen-bond acceptors (Lipinski definition) is 2. The van der Waals surface area contributed by atoms with Crippen molar-refractivity contribution in [1.29, 1.82) is 0 Å². The van der Waals surface area contributed by atoms with Crippen molar-refractivity contribution in [3.05, 3.63) is 35.1 Å². The molecule has 3 heteroatoms. The maximum Gasteiger partial charge on any atom is 0.0595 e. The minimum atomic E-state index is 0.608. The highest BCUT2D eigenvalue weighted by Gasteiger charge is 2.21. The summed E-state index contributed by atoms with van der Waals surface area (Å²) in [6.45, 7) is 5.77. The molecule has 1 aromatic rings. The lowest BCUT2D eigenvalue weighted by atomic mass is 9.96. The number of pyridine rings is 1. The van der Waals surface area contributed by atoms with Gasteiger partial charge in [0.2, 0.25) is 0 Å². The van der Waals surface area contributed by atoms with E-state index in [0.717, 1.165) is 17.5 Å².